The highest BCUT2D eigenvalue weighted by molar-refractivity contribution is 5.41. The van der Waals surface area contributed by atoms with Gasteiger partial charge in [-0.15, -0.1) is 0 Å². The molecule has 1 aromatic carbocycles. The smallest absolute Gasteiger partial charge is 0.119 e. The van der Waals surface area contributed by atoms with E-state index in [1.165, 1.54) is 62.5 Å². The molecule has 1 rings (SSSR count). The van der Waals surface area contributed by atoms with Crippen LogP contribution in [0.15, 0.2) is 18.2 Å². The molecule has 1 N–H and O–H groups in total. The molecule has 21 heavy (non-hydrogen) atoms. The van der Waals surface area contributed by atoms with Crippen molar-refractivity contribution >= 4 is 0 Å². The van der Waals surface area contributed by atoms with Crippen LogP contribution >= 0.6 is 0 Å². The van der Waals surface area contributed by atoms with Gasteiger partial charge in [0.1, 0.15) is 5.75 Å². The van der Waals surface area contributed by atoms with Crippen LogP contribution in [0, 0.1) is 0 Å². The zero-order chi connectivity index (χ0) is 15.5. The third kappa shape index (κ3) is 6.54. The van der Waals surface area contributed by atoms with Crippen molar-refractivity contribution < 1.29 is 5.11 Å². The van der Waals surface area contributed by atoms with E-state index in [4.69, 9.17) is 0 Å². The van der Waals surface area contributed by atoms with Crippen molar-refractivity contribution in [3.8, 4) is 5.75 Å². The Kier molecular flexibility index (Phi) is 9.21. The highest BCUT2D eigenvalue weighted by atomic mass is 16.3. The molecule has 0 fully saturated rings. The molecule has 0 aliphatic heterocycles. The normalized spacial score (nSPS) is 12.5. The zero-order valence-corrected chi connectivity index (χ0v) is 14.3. The number of hydrogen-bond acceptors (Lipinski definition) is 1. The van der Waals surface area contributed by atoms with E-state index >= 15 is 0 Å². The lowest BCUT2D eigenvalue weighted by Crippen LogP contribution is -1.99. The molecule has 1 unspecified atom stereocenters. The highest BCUT2D eigenvalue weighted by Crippen LogP contribution is 2.30. The van der Waals surface area contributed by atoms with Crippen molar-refractivity contribution in [2.45, 2.75) is 90.9 Å². The van der Waals surface area contributed by atoms with Gasteiger partial charge < -0.3 is 5.11 Å². The minimum atomic E-state index is 0.496. The highest BCUT2D eigenvalue weighted by Gasteiger charge is 2.12. The fourth-order valence-corrected chi connectivity index (χ4v) is 2.98. The van der Waals surface area contributed by atoms with Crippen LogP contribution in [0.4, 0.5) is 0 Å². The maximum absolute atomic E-state index is 10.1. The summed E-state index contributed by atoms with van der Waals surface area (Å²) in [5.41, 5.74) is 2.54. The van der Waals surface area contributed by atoms with Crippen LogP contribution in [-0.4, -0.2) is 5.11 Å². The summed E-state index contributed by atoms with van der Waals surface area (Å²) >= 11 is 0. The molecular weight excluding hydrogens is 256 g/mol. The molecule has 120 valence electrons. The Labute approximate surface area is 131 Å². The van der Waals surface area contributed by atoms with Crippen LogP contribution in [-0.2, 0) is 6.42 Å². The Hall–Kier alpha value is -0.980. The third-order valence-corrected chi connectivity index (χ3v) is 4.61. The van der Waals surface area contributed by atoms with E-state index in [9.17, 15) is 5.11 Å². The molecule has 0 aromatic heterocycles. The van der Waals surface area contributed by atoms with Crippen molar-refractivity contribution in [2.75, 3.05) is 0 Å². The van der Waals surface area contributed by atoms with Crippen LogP contribution in [0.3, 0.4) is 0 Å². The summed E-state index contributed by atoms with van der Waals surface area (Å²) in [6, 6.07) is 6.01. The van der Waals surface area contributed by atoms with Crippen LogP contribution in [0.2, 0.25) is 0 Å². The van der Waals surface area contributed by atoms with Crippen LogP contribution in [0.25, 0.3) is 0 Å². The summed E-state index contributed by atoms with van der Waals surface area (Å²) in [5, 5.41) is 10.1. The van der Waals surface area contributed by atoms with Gasteiger partial charge in [0.15, 0.2) is 0 Å². The predicted molar refractivity (Wildman–Crippen MR) is 93.1 cm³/mol. The number of aromatic hydroxyl groups is 1. The molecule has 1 heteroatoms. The van der Waals surface area contributed by atoms with Crippen molar-refractivity contribution in [3.05, 3.63) is 29.3 Å². The van der Waals surface area contributed by atoms with E-state index in [0.29, 0.717) is 11.7 Å². The Bertz CT molecular complexity index is 383. The molecule has 1 aromatic rings. The standard InChI is InChI=1S/C20H34O/c1-4-6-7-8-9-10-11-12-14-19-18(17(3)5-2)15-13-16-20(19)21/h13,15-17,21H,4-12,14H2,1-3H3. The first-order valence-electron chi connectivity index (χ1n) is 9.01. The van der Waals surface area contributed by atoms with E-state index in [1.54, 1.807) is 0 Å². The van der Waals surface area contributed by atoms with Gasteiger partial charge in [-0.2, -0.15) is 0 Å². The molecule has 0 heterocycles. The molecule has 0 aliphatic carbocycles. The molecular formula is C20H34O. The molecule has 0 amide bonds. The van der Waals surface area contributed by atoms with E-state index in [0.717, 1.165) is 12.8 Å². The van der Waals surface area contributed by atoms with E-state index in [-0.39, 0.29) is 0 Å². The summed E-state index contributed by atoms with van der Waals surface area (Å²) in [7, 11) is 0. The number of phenolic OH excluding ortho intramolecular Hbond substituents is 1. The minimum absolute atomic E-state index is 0.496. The first-order chi connectivity index (χ1) is 10.2. The fourth-order valence-electron chi connectivity index (χ4n) is 2.98. The Morgan fingerprint density at radius 3 is 2.14 bits per heavy atom. The quantitative estimate of drug-likeness (QED) is 0.456. The van der Waals surface area contributed by atoms with Crippen LogP contribution < -0.4 is 0 Å². The topological polar surface area (TPSA) is 20.2 Å². The van der Waals surface area contributed by atoms with Gasteiger partial charge >= 0.3 is 0 Å². The number of unbranched alkanes of at least 4 members (excludes halogenated alkanes) is 7. The van der Waals surface area contributed by atoms with Gasteiger partial charge in [0.05, 0.1) is 0 Å². The SMILES string of the molecule is CCCCCCCCCCc1c(O)cccc1C(C)CC. The molecule has 0 saturated heterocycles. The molecule has 1 nitrogen and oxygen atoms in total. The largest absolute Gasteiger partial charge is 0.508 e. The lowest BCUT2D eigenvalue weighted by Gasteiger charge is -2.16. The molecule has 0 radical (unpaired) electrons. The van der Waals surface area contributed by atoms with Gasteiger partial charge in [-0.25, -0.2) is 0 Å². The summed E-state index contributed by atoms with van der Waals surface area (Å²) in [4.78, 5) is 0. The monoisotopic (exact) mass is 290 g/mol. The van der Waals surface area contributed by atoms with Gasteiger partial charge in [0.2, 0.25) is 0 Å². The van der Waals surface area contributed by atoms with Crippen molar-refractivity contribution in [2.24, 2.45) is 0 Å². The van der Waals surface area contributed by atoms with Crippen LogP contribution in [0.1, 0.15) is 95.6 Å². The Balaban J connectivity index is 2.34. The van der Waals surface area contributed by atoms with Gasteiger partial charge in [-0.1, -0.05) is 77.8 Å². The fraction of sp³-hybridized carbons (Fsp3) is 0.700. The number of benzene rings is 1. The minimum Gasteiger partial charge on any atom is -0.508 e. The molecule has 0 bridgehead atoms. The second kappa shape index (κ2) is 10.7. The molecule has 1 atom stereocenters. The molecule has 0 saturated carbocycles. The lowest BCUT2D eigenvalue weighted by molar-refractivity contribution is 0.463. The molecule has 0 spiro atoms. The van der Waals surface area contributed by atoms with E-state index < -0.39 is 0 Å². The first-order valence-corrected chi connectivity index (χ1v) is 9.01. The number of rotatable bonds is 11. The Morgan fingerprint density at radius 2 is 1.52 bits per heavy atom. The van der Waals surface area contributed by atoms with Crippen molar-refractivity contribution in [1.82, 2.24) is 0 Å². The summed E-state index contributed by atoms with van der Waals surface area (Å²) < 4.78 is 0. The maximum Gasteiger partial charge on any atom is 0.119 e. The van der Waals surface area contributed by atoms with Crippen molar-refractivity contribution in [1.29, 1.82) is 0 Å². The molecule has 0 aliphatic rings. The van der Waals surface area contributed by atoms with Gasteiger partial charge in [0, 0.05) is 0 Å². The average Bonchev–Trinajstić information content (AvgIpc) is 2.50. The predicted octanol–water partition coefficient (Wildman–Crippen LogP) is 6.59. The lowest BCUT2D eigenvalue weighted by atomic mass is 9.90. The van der Waals surface area contributed by atoms with Gasteiger partial charge in [-0.05, 0) is 42.4 Å². The Morgan fingerprint density at radius 1 is 0.905 bits per heavy atom. The second-order valence-electron chi connectivity index (χ2n) is 6.38. The average molecular weight is 290 g/mol. The summed E-state index contributed by atoms with van der Waals surface area (Å²) in [6.45, 7) is 6.74. The third-order valence-electron chi connectivity index (χ3n) is 4.61. The van der Waals surface area contributed by atoms with Gasteiger partial charge in [-0.3, -0.25) is 0 Å². The van der Waals surface area contributed by atoms with E-state index in [1.807, 2.05) is 12.1 Å². The first kappa shape index (κ1) is 18.1. The number of phenols is 1. The summed E-state index contributed by atoms with van der Waals surface area (Å²) in [6.07, 6.45) is 12.9. The van der Waals surface area contributed by atoms with E-state index in [2.05, 4.69) is 26.8 Å². The van der Waals surface area contributed by atoms with Gasteiger partial charge in [0.25, 0.3) is 0 Å². The zero-order valence-electron chi connectivity index (χ0n) is 14.3. The number of hydrogen-bond donors (Lipinski definition) is 1. The van der Waals surface area contributed by atoms with Crippen molar-refractivity contribution in [3.63, 3.8) is 0 Å². The maximum atomic E-state index is 10.1. The van der Waals surface area contributed by atoms with Crippen LogP contribution in [0.5, 0.6) is 5.75 Å². The summed E-state index contributed by atoms with van der Waals surface area (Å²) in [5.74, 6) is 1.04. The second-order valence-corrected chi connectivity index (χ2v) is 6.38.